The highest BCUT2D eigenvalue weighted by atomic mass is 16.6. The maximum atomic E-state index is 11.6. The number of carbonyl (C=O) groups is 2. The van der Waals surface area contributed by atoms with Crippen LogP contribution in [0.1, 0.15) is 18.1 Å². The molecule has 2 aliphatic rings. The number of cyclic esters (lactones) is 1. The highest BCUT2D eigenvalue weighted by Crippen LogP contribution is 2.26. The van der Waals surface area contributed by atoms with E-state index in [4.69, 9.17) is 14.2 Å². The summed E-state index contributed by atoms with van der Waals surface area (Å²) < 4.78 is 15.3. The van der Waals surface area contributed by atoms with Gasteiger partial charge in [0.15, 0.2) is 6.04 Å². The maximum absolute atomic E-state index is 11.6. The predicted octanol–water partition coefficient (Wildman–Crippen LogP) is 1.16. The number of amides is 1. The quantitative estimate of drug-likeness (QED) is 0.839. The molecule has 0 saturated carbocycles. The van der Waals surface area contributed by atoms with Crippen molar-refractivity contribution < 1.29 is 23.8 Å². The number of nitrogens with one attached hydrogen (secondary N) is 1. The Hall–Kier alpha value is -2.24. The molecule has 1 N–H and O–H groups in total. The third-order valence-electron chi connectivity index (χ3n) is 3.43. The molecule has 6 nitrogen and oxygen atoms in total. The Morgan fingerprint density at radius 3 is 3.10 bits per heavy atom. The van der Waals surface area contributed by atoms with Crippen molar-refractivity contribution in [2.75, 3.05) is 6.61 Å². The van der Waals surface area contributed by atoms with Crippen LogP contribution < -0.4 is 10.1 Å². The van der Waals surface area contributed by atoms with E-state index in [2.05, 4.69) is 5.32 Å². The summed E-state index contributed by atoms with van der Waals surface area (Å²) in [5.41, 5.74) is 2.02. The second-order valence-electron chi connectivity index (χ2n) is 4.88. The molecule has 1 amide bonds. The van der Waals surface area contributed by atoms with Gasteiger partial charge in [-0.1, -0.05) is 12.1 Å². The molecule has 0 radical (unpaired) electrons. The molecule has 1 aromatic rings. The number of carbonyl (C=O) groups excluding carboxylic acids is 2. The largest absolute Gasteiger partial charge is 0.493 e. The van der Waals surface area contributed by atoms with Crippen molar-refractivity contribution >= 4 is 12.1 Å². The molecule has 2 heterocycles. The van der Waals surface area contributed by atoms with Gasteiger partial charge < -0.3 is 19.5 Å². The Balaban J connectivity index is 1.51. The van der Waals surface area contributed by atoms with Crippen molar-refractivity contribution in [2.45, 2.75) is 32.1 Å². The van der Waals surface area contributed by atoms with Gasteiger partial charge in [-0.3, -0.25) is 0 Å². The number of hydrogen-bond acceptors (Lipinski definition) is 5. The molecule has 1 fully saturated rings. The lowest BCUT2D eigenvalue weighted by Gasteiger charge is -2.32. The zero-order valence-electron chi connectivity index (χ0n) is 11.0. The number of alkyl carbamates (subject to hydrolysis) is 1. The molecule has 0 bridgehead atoms. The van der Waals surface area contributed by atoms with Crippen LogP contribution in [0, 0.1) is 0 Å². The van der Waals surface area contributed by atoms with Gasteiger partial charge in [-0.15, -0.1) is 0 Å². The van der Waals surface area contributed by atoms with Gasteiger partial charge >= 0.3 is 12.1 Å². The summed E-state index contributed by atoms with van der Waals surface area (Å²) in [5, 5.41) is 2.47. The fourth-order valence-corrected chi connectivity index (χ4v) is 2.24. The molecular weight excluding hydrogens is 262 g/mol. The predicted molar refractivity (Wildman–Crippen MR) is 68.3 cm³/mol. The molecule has 106 valence electrons. The molecule has 6 heteroatoms. The normalized spacial score (nSPS) is 23.1. The Morgan fingerprint density at radius 1 is 1.50 bits per heavy atom. The van der Waals surface area contributed by atoms with Gasteiger partial charge in [0.25, 0.3) is 0 Å². The lowest BCUT2D eigenvalue weighted by atomic mass is 10.1. The molecule has 1 saturated heterocycles. The zero-order chi connectivity index (χ0) is 14.1. The van der Waals surface area contributed by atoms with Gasteiger partial charge in [0.05, 0.1) is 6.61 Å². The van der Waals surface area contributed by atoms with Crippen LogP contribution in [0.15, 0.2) is 18.2 Å². The minimum atomic E-state index is -0.625. The Bertz CT molecular complexity index is 556. The van der Waals surface area contributed by atoms with Crippen LogP contribution in [0.25, 0.3) is 0 Å². The molecule has 0 spiro atoms. The van der Waals surface area contributed by atoms with E-state index in [1.165, 1.54) is 5.56 Å². The Labute approximate surface area is 116 Å². The minimum Gasteiger partial charge on any atom is -0.493 e. The second kappa shape index (κ2) is 5.03. The smallest absolute Gasteiger partial charge is 0.408 e. The molecular formula is C14H15NO5. The van der Waals surface area contributed by atoms with Crippen LogP contribution in [0.3, 0.4) is 0 Å². The van der Waals surface area contributed by atoms with E-state index in [0.29, 0.717) is 6.61 Å². The number of hydrogen-bond donors (Lipinski definition) is 1. The van der Waals surface area contributed by atoms with Gasteiger partial charge in [-0.2, -0.15) is 0 Å². The van der Waals surface area contributed by atoms with Crippen LogP contribution in [0.4, 0.5) is 4.79 Å². The number of esters is 1. The van der Waals surface area contributed by atoms with Crippen molar-refractivity contribution in [3.8, 4) is 5.75 Å². The highest BCUT2D eigenvalue weighted by Gasteiger charge is 2.40. The first-order valence-corrected chi connectivity index (χ1v) is 6.52. The van der Waals surface area contributed by atoms with Gasteiger partial charge in [0.1, 0.15) is 18.5 Å². The fourth-order valence-electron chi connectivity index (χ4n) is 2.24. The van der Waals surface area contributed by atoms with Crippen LogP contribution >= 0.6 is 0 Å². The number of rotatable bonds is 3. The first-order chi connectivity index (χ1) is 9.63. The lowest BCUT2D eigenvalue weighted by molar-refractivity contribution is -0.174. The standard InChI is InChI=1S/C14H15NO5/c1-8-12(13(16)20-8)15-14(17)19-7-9-2-3-10-4-5-18-11(10)6-9/h2-3,6,8,12H,4-5,7H2,1H3,(H,15,17)/t8-,12+/m0/s1. The van der Waals surface area contributed by atoms with Crippen molar-refractivity contribution in [3.63, 3.8) is 0 Å². The third kappa shape index (κ3) is 2.41. The number of fused-ring (bicyclic) bond motifs is 1. The van der Waals surface area contributed by atoms with E-state index in [0.717, 1.165) is 17.7 Å². The van der Waals surface area contributed by atoms with Gasteiger partial charge in [-0.25, -0.2) is 9.59 Å². The Kier molecular flexibility index (Phi) is 3.22. The SMILES string of the molecule is C[C@@H]1OC(=O)[C@@H]1NC(=O)OCc1ccc2c(c1)OCC2. The molecule has 0 aromatic heterocycles. The van der Waals surface area contributed by atoms with Crippen LogP contribution in [-0.4, -0.2) is 30.8 Å². The van der Waals surface area contributed by atoms with Crippen LogP contribution in [0.5, 0.6) is 5.75 Å². The summed E-state index contributed by atoms with van der Waals surface area (Å²) in [4.78, 5) is 22.6. The first-order valence-electron chi connectivity index (χ1n) is 6.52. The maximum Gasteiger partial charge on any atom is 0.408 e. The summed E-state index contributed by atoms with van der Waals surface area (Å²) in [7, 11) is 0. The summed E-state index contributed by atoms with van der Waals surface area (Å²) in [5.74, 6) is 0.420. The van der Waals surface area contributed by atoms with Crippen molar-refractivity contribution in [1.29, 1.82) is 0 Å². The van der Waals surface area contributed by atoms with E-state index in [1.54, 1.807) is 6.92 Å². The molecule has 0 unspecified atom stereocenters. The average Bonchev–Trinajstić information content (AvgIpc) is 2.90. The van der Waals surface area contributed by atoms with Crippen molar-refractivity contribution in [1.82, 2.24) is 5.32 Å². The van der Waals surface area contributed by atoms with Crippen LogP contribution in [-0.2, 0) is 27.3 Å². The molecule has 2 aliphatic heterocycles. The van der Waals surface area contributed by atoms with E-state index in [1.807, 2.05) is 18.2 Å². The highest BCUT2D eigenvalue weighted by molar-refractivity contribution is 5.86. The summed E-state index contributed by atoms with van der Waals surface area (Å²) >= 11 is 0. The molecule has 2 atom stereocenters. The van der Waals surface area contributed by atoms with E-state index >= 15 is 0 Å². The zero-order valence-corrected chi connectivity index (χ0v) is 11.0. The lowest BCUT2D eigenvalue weighted by Crippen LogP contribution is -2.58. The van der Waals surface area contributed by atoms with E-state index in [-0.39, 0.29) is 12.7 Å². The molecule has 3 rings (SSSR count). The topological polar surface area (TPSA) is 73.9 Å². The van der Waals surface area contributed by atoms with Gasteiger partial charge in [0.2, 0.25) is 0 Å². The first kappa shape index (κ1) is 12.8. The van der Waals surface area contributed by atoms with Crippen molar-refractivity contribution in [2.24, 2.45) is 0 Å². The monoisotopic (exact) mass is 277 g/mol. The van der Waals surface area contributed by atoms with Crippen LogP contribution in [0.2, 0.25) is 0 Å². The molecule has 1 aromatic carbocycles. The number of ether oxygens (including phenoxy) is 3. The van der Waals surface area contributed by atoms with E-state index in [9.17, 15) is 9.59 Å². The van der Waals surface area contributed by atoms with Crippen molar-refractivity contribution in [3.05, 3.63) is 29.3 Å². The Morgan fingerprint density at radius 2 is 2.35 bits per heavy atom. The van der Waals surface area contributed by atoms with Gasteiger partial charge in [0, 0.05) is 6.42 Å². The number of benzene rings is 1. The second-order valence-corrected chi connectivity index (χ2v) is 4.88. The minimum absolute atomic E-state index is 0.138. The summed E-state index contributed by atoms with van der Waals surface area (Å²) in [6.45, 7) is 2.55. The molecule has 20 heavy (non-hydrogen) atoms. The fraction of sp³-hybridized carbons (Fsp3) is 0.429. The summed E-state index contributed by atoms with van der Waals surface area (Å²) in [6.07, 6.45) is -0.0121. The third-order valence-corrected chi connectivity index (χ3v) is 3.43. The van der Waals surface area contributed by atoms with Gasteiger partial charge in [-0.05, 0) is 24.1 Å². The van der Waals surface area contributed by atoms with E-state index < -0.39 is 18.1 Å². The summed E-state index contributed by atoms with van der Waals surface area (Å²) in [6, 6.07) is 5.15. The average molecular weight is 277 g/mol. The molecule has 0 aliphatic carbocycles.